The Morgan fingerprint density at radius 3 is 2.48 bits per heavy atom. The van der Waals surface area contributed by atoms with Gasteiger partial charge in [0.2, 0.25) is 0 Å². The lowest BCUT2D eigenvalue weighted by Crippen LogP contribution is -2.17. The first-order valence-electron chi connectivity index (χ1n) is 8.29. The van der Waals surface area contributed by atoms with E-state index in [1.807, 2.05) is 54.6 Å². The molecule has 0 spiro atoms. The van der Waals surface area contributed by atoms with E-state index >= 15 is 0 Å². The molecule has 2 aromatic rings. The molecule has 2 unspecified atom stereocenters. The maximum atomic E-state index is 10.8. The molecule has 2 atom stereocenters. The first-order chi connectivity index (χ1) is 12.1. The number of carboxylic acid groups (broad SMARTS) is 1. The molecule has 0 saturated carbocycles. The molecule has 0 aromatic heterocycles. The number of ether oxygens (including phenoxy) is 1. The maximum absolute atomic E-state index is 10.8. The molecule has 5 heteroatoms. The monoisotopic (exact) mass is 360 g/mol. The molecule has 0 heterocycles. The van der Waals surface area contributed by atoms with Gasteiger partial charge in [0.1, 0.15) is 12.4 Å². The van der Waals surface area contributed by atoms with E-state index in [-0.39, 0.29) is 0 Å². The number of hydrogen-bond donors (Lipinski definition) is 2. The number of para-hydroxylation sites is 1. The van der Waals surface area contributed by atoms with Crippen molar-refractivity contribution in [3.05, 3.63) is 65.7 Å². The zero-order valence-electron chi connectivity index (χ0n) is 14.3. The number of benzene rings is 2. The number of carboxylic acids is 1. The summed E-state index contributed by atoms with van der Waals surface area (Å²) in [5, 5.41) is 19.1. The van der Waals surface area contributed by atoms with Gasteiger partial charge in [-0.05, 0) is 17.2 Å². The van der Waals surface area contributed by atoms with Crippen LogP contribution in [0.25, 0.3) is 0 Å². The number of aliphatic hydroxyl groups is 1. The van der Waals surface area contributed by atoms with Crippen LogP contribution in [0.3, 0.4) is 0 Å². The second-order valence-electron chi connectivity index (χ2n) is 6.02. The molecule has 0 aliphatic heterocycles. The molecule has 2 N–H and O–H groups in total. The summed E-state index contributed by atoms with van der Waals surface area (Å²) in [4.78, 5) is 10.8. The highest BCUT2D eigenvalue weighted by Gasteiger charge is 2.14. The third kappa shape index (κ3) is 6.80. The van der Waals surface area contributed by atoms with Crippen molar-refractivity contribution in [3.8, 4) is 5.75 Å². The van der Waals surface area contributed by atoms with Gasteiger partial charge in [-0.15, -0.1) is 0 Å². The van der Waals surface area contributed by atoms with Gasteiger partial charge in [-0.3, -0.25) is 4.79 Å². The van der Waals surface area contributed by atoms with Crippen molar-refractivity contribution in [1.29, 1.82) is 0 Å². The minimum absolute atomic E-state index is 0.404. The summed E-state index contributed by atoms with van der Waals surface area (Å²) >= 11 is 1.46. The van der Waals surface area contributed by atoms with Gasteiger partial charge in [-0.2, -0.15) is 11.8 Å². The van der Waals surface area contributed by atoms with Gasteiger partial charge < -0.3 is 14.9 Å². The molecule has 0 radical (unpaired) electrons. The lowest BCUT2D eigenvalue weighted by atomic mass is 10.1. The highest BCUT2D eigenvalue weighted by atomic mass is 32.2. The van der Waals surface area contributed by atoms with Gasteiger partial charge in [0.25, 0.3) is 0 Å². The second-order valence-corrected chi connectivity index (χ2v) is 7.09. The topological polar surface area (TPSA) is 66.8 Å². The predicted molar refractivity (Wildman–Crippen MR) is 101 cm³/mol. The van der Waals surface area contributed by atoms with E-state index in [4.69, 9.17) is 9.84 Å². The smallest absolute Gasteiger partial charge is 0.307 e. The van der Waals surface area contributed by atoms with Gasteiger partial charge in [-0.1, -0.05) is 55.5 Å². The normalized spacial score (nSPS) is 13.2. The van der Waals surface area contributed by atoms with Crippen molar-refractivity contribution in [2.24, 2.45) is 5.92 Å². The fraction of sp³-hybridized carbons (Fsp3) is 0.350. The molecule has 2 rings (SSSR count). The van der Waals surface area contributed by atoms with E-state index in [0.717, 1.165) is 16.9 Å². The summed E-state index contributed by atoms with van der Waals surface area (Å²) < 4.78 is 5.90. The molecular weight excluding hydrogens is 336 g/mol. The highest BCUT2D eigenvalue weighted by molar-refractivity contribution is 7.99. The summed E-state index contributed by atoms with van der Waals surface area (Å²) in [5.41, 5.74) is 2.05. The molecule has 0 amide bonds. The lowest BCUT2D eigenvalue weighted by Gasteiger charge is -2.15. The molecule has 25 heavy (non-hydrogen) atoms. The molecule has 0 aliphatic carbocycles. The Balaban J connectivity index is 1.85. The Bertz CT molecular complexity index is 660. The molecule has 0 fully saturated rings. The van der Waals surface area contributed by atoms with Gasteiger partial charge in [0.05, 0.1) is 12.0 Å². The quantitative estimate of drug-likeness (QED) is 0.677. The van der Waals surface area contributed by atoms with Crippen molar-refractivity contribution in [3.63, 3.8) is 0 Å². The van der Waals surface area contributed by atoms with Crippen LogP contribution in [0.4, 0.5) is 0 Å². The van der Waals surface area contributed by atoms with E-state index in [1.165, 1.54) is 11.8 Å². The van der Waals surface area contributed by atoms with E-state index in [9.17, 15) is 9.90 Å². The third-order valence-electron chi connectivity index (χ3n) is 3.76. The average molecular weight is 360 g/mol. The molecule has 134 valence electrons. The van der Waals surface area contributed by atoms with Crippen LogP contribution in [0.2, 0.25) is 0 Å². The lowest BCUT2D eigenvalue weighted by molar-refractivity contribution is -0.140. The van der Waals surface area contributed by atoms with E-state index in [2.05, 4.69) is 0 Å². The van der Waals surface area contributed by atoms with Crippen molar-refractivity contribution < 1.29 is 19.7 Å². The Hall–Kier alpha value is -1.98. The summed E-state index contributed by atoms with van der Waals surface area (Å²) in [6, 6.07) is 17.6. The van der Waals surface area contributed by atoms with Crippen LogP contribution in [0.5, 0.6) is 5.75 Å². The zero-order chi connectivity index (χ0) is 18.1. The Labute approximate surface area is 152 Å². The standard InChI is InChI=1S/C20H24O4S/c1-15(20(22)23)13-25-14-18(21)11-17-9-5-6-10-19(17)24-12-16-7-3-2-4-8-16/h2-10,15,18,21H,11-14H2,1H3,(H,22,23). The molecule has 0 saturated heterocycles. The van der Waals surface area contributed by atoms with Crippen LogP contribution in [0, 0.1) is 5.92 Å². The van der Waals surface area contributed by atoms with E-state index in [0.29, 0.717) is 24.5 Å². The Morgan fingerprint density at radius 1 is 1.08 bits per heavy atom. The summed E-state index contributed by atoms with van der Waals surface area (Å²) in [6.45, 7) is 2.16. The number of aliphatic carboxylic acids is 1. The Morgan fingerprint density at radius 2 is 1.76 bits per heavy atom. The molecule has 0 bridgehead atoms. The van der Waals surface area contributed by atoms with Crippen LogP contribution in [-0.2, 0) is 17.8 Å². The van der Waals surface area contributed by atoms with Gasteiger partial charge in [0.15, 0.2) is 0 Å². The van der Waals surface area contributed by atoms with Gasteiger partial charge in [-0.25, -0.2) is 0 Å². The van der Waals surface area contributed by atoms with Crippen LogP contribution < -0.4 is 4.74 Å². The Kier molecular flexibility index (Phi) is 7.82. The molecule has 2 aromatic carbocycles. The van der Waals surface area contributed by atoms with Crippen LogP contribution in [-0.4, -0.2) is 33.8 Å². The van der Waals surface area contributed by atoms with Crippen molar-refractivity contribution in [1.82, 2.24) is 0 Å². The summed E-state index contributed by atoms with van der Waals surface area (Å²) in [5.74, 6) is 0.568. The fourth-order valence-electron chi connectivity index (χ4n) is 2.31. The van der Waals surface area contributed by atoms with Crippen molar-refractivity contribution in [2.45, 2.75) is 26.1 Å². The van der Waals surface area contributed by atoms with Crippen molar-refractivity contribution >= 4 is 17.7 Å². The number of thioether (sulfide) groups is 1. The summed E-state index contributed by atoms with van der Waals surface area (Å²) in [6.07, 6.45) is -0.0492. The second kappa shape index (κ2) is 10.1. The maximum Gasteiger partial charge on any atom is 0.307 e. The minimum Gasteiger partial charge on any atom is -0.489 e. The SMILES string of the molecule is CC(CSCC(O)Cc1ccccc1OCc1ccccc1)C(=O)O. The minimum atomic E-state index is -0.804. The average Bonchev–Trinajstić information content (AvgIpc) is 2.61. The number of carbonyl (C=O) groups is 1. The first-order valence-corrected chi connectivity index (χ1v) is 9.45. The molecule has 0 aliphatic rings. The number of rotatable bonds is 10. The fourth-order valence-corrected chi connectivity index (χ4v) is 3.34. The van der Waals surface area contributed by atoms with Gasteiger partial charge in [0, 0.05) is 17.9 Å². The van der Waals surface area contributed by atoms with E-state index in [1.54, 1.807) is 6.92 Å². The van der Waals surface area contributed by atoms with E-state index < -0.39 is 18.0 Å². The largest absolute Gasteiger partial charge is 0.489 e. The number of hydrogen-bond acceptors (Lipinski definition) is 4. The molecular formula is C20H24O4S. The predicted octanol–water partition coefficient (Wildman–Crippen LogP) is 3.62. The summed E-state index contributed by atoms with van der Waals surface area (Å²) in [7, 11) is 0. The number of aliphatic hydroxyl groups excluding tert-OH is 1. The van der Waals surface area contributed by atoms with Crippen LogP contribution >= 0.6 is 11.8 Å². The van der Waals surface area contributed by atoms with Gasteiger partial charge >= 0.3 is 5.97 Å². The van der Waals surface area contributed by atoms with Crippen LogP contribution in [0.15, 0.2) is 54.6 Å². The first kappa shape index (κ1) is 19.3. The van der Waals surface area contributed by atoms with Crippen LogP contribution in [0.1, 0.15) is 18.1 Å². The zero-order valence-corrected chi connectivity index (χ0v) is 15.1. The highest BCUT2D eigenvalue weighted by Crippen LogP contribution is 2.22. The molecule has 4 nitrogen and oxygen atoms in total. The third-order valence-corrected chi connectivity index (χ3v) is 5.12. The van der Waals surface area contributed by atoms with Crippen molar-refractivity contribution in [2.75, 3.05) is 11.5 Å².